The van der Waals surface area contributed by atoms with Gasteiger partial charge >= 0.3 is 0 Å². The Labute approximate surface area is 249 Å². The largest absolute Gasteiger partial charge is 0.457 e. The molecule has 3 aromatic heterocycles. The van der Waals surface area contributed by atoms with Crippen molar-refractivity contribution in [1.29, 1.82) is 0 Å². The summed E-state index contributed by atoms with van der Waals surface area (Å²) in [5.41, 5.74) is 9.43. The number of para-hydroxylation sites is 2. The monoisotopic (exact) mass is 555 g/mol. The normalized spacial score (nSPS) is 16.1. The highest BCUT2D eigenvalue weighted by atomic mass is 16.3. The molecule has 0 fully saturated rings. The van der Waals surface area contributed by atoms with E-state index < -0.39 is 0 Å². The Balaban J connectivity index is 1.44. The summed E-state index contributed by atoms with van der Waals surface area (Å²) in [7, 11) is 0. The van der Waals surface area contributed by atoms with E-state index in [2.05, 4.69) is 128 Å². The number of hydrogen-bond donors (Lipinski definition) is 0. The lowest BCUT2D eigenvalue weighted by molar-refractivity contribution is 0.345. The standard InChI is InChI=1S/C39H29N3O/c1-23(2)39(3)30-18-10-7-16-27(30)33-29-22-21-26-25-15-9-12-20-32(25)42(35(26)36(29)43-37(33)39)38-40-31-19-11-8-17-28(31)34(41-38)24-13-5-4-6-14-24/h4-23H,1-3H3. The Morgan fingerprint density at radius 2 is 1.37 bits per heavy atom. The molecule has 1 aliphatic carbocycles. The Morgan fingerprint density at radius 1 is 0.674 bits per heavy atom. The van der Waals surface area contributed by atoms with E-state index in [9.17, 15) is 0 Å². The van der Waals surface area contributed by atoms with Crippen LogP contribution in [0.2, 0.25) is 0 Å². The molecular weight excluding hydrogens is 526 g/mol. The first-order chi connectivity index (χ1) is 21.1. The van der Waals surface area contributed by atoms with Gasteiger partial charge in [0.1, 0.15) is 11.3 Å². The van der Waals surface area contributed by atoms with Crippen LogP contribution in [-0.2, 0) is 5.41 Å². The topological polar surface area (TPSA) is 43.9 Å². The van der Waals surface area contributed by atoms with Crippen LogP contribution in [0.4, 0.5) is 0 Å². The molecule has 5 aromatic carbocycles. The first kappa shape index (κ1) is 24.4. The van der Waals surface area contributed by atoms with Crippen LogP contribution in [0.15, 0.2) is 120 Å². The molecule has 0 spiro atoms. The highest BCUT2D eigenvalue weighted by Gasteiger charge is 2.46. The number of benzene rings is 5. The summed E-state index contributed by atoms with van der Waals surface area (Å²) in [4.78, 5) is 10.5. The van der Waals surface area contributed by atoms with Crippen molar-refractivity contribution in [2.24, 2.45) is 5.92 Å². The van der Waals surface area contributed by atoms with Crippen molar-refractivity contribution in [2.75, 3.05) is 0 Å². The first-order valence-electron chi connectivity index (χ1n) is 15.0. The third kappa shape index (κ3) is 3.15. The first-order valence-corrected chi connectivity index (χ1v) is 15.0. The molecule has 0 saturated carbocycles. The number of aromatic nitrogens is 3. The fourth-order valence-electron chi connectivity index (χ4n) is 7.27. The van der Waals surface area contributed by atoms with Crippen molar-refractivity contribution in [3.63, 3.8) is 0 Å². The second-order valence-corrected chi connectivity index (χ2v) is 12.2. The molecule has 1 atom stereocenters. The highest BCUT2D eigenvalue weighted by molar-refractivity contribution is 6.19. The molecule has 4 nitrogen and oxygen atoms in total. The van der Waals surface area contributed by atoms with Gasteiger partial charge in [0.25, 0.3) is 0 Å². The van der Waals surface area contributed by atoms with Gasteiger partial charge in [0.15, 0.2) is 5.58 Å². The Kier molecular flexibility index (Phi) is 4.91. The quantitative estimate of drug-likeness (QED) is 0.218. The second kappa shape index (κ2) is 8.65. The van der Waals surface area contributed by atoms with Crippen molar-refractivity contribution in [3.8, 4) is 28.3 Å². The van der Waals surface area contributed by atoms with Crippen LogP contribution in [-0.4, -0.2) is 14.5 Å². The van der Waals surface area contributed by atoms with Crippen molar-refractivity contribution in [2.45, 2.75) is 26.2 Å². The van der Waals surface area contributed by atoms with Crippen molar-refractivity contribution in [3.05, 3.63) is 127 Å². The SMILES string of the molecule is CC(C)C1(C)c2ccccc2-c2c1oc1c2ccc2c3ccccc3n(-c3nc(-c4ccccc4)c4ccccc4n3)c21. The second-order valence-electron chi connectivity index (χ2n) is 12.2. The molecule has 206 valence electrons. The van der Waals surface area contributed by atoms with E-state index >= 15 is 0 Å². The summed E-state index contributed by atoms with van der Waals surface area (Å²) in [6.45, 7) is 6.91. The smallest absolute Gasteiger partial charge is 0.235 e. The molecule has 1 unspecified atom stereocenters. The van der Waals surface area contributed by atoms with Crippen LogP contribution in [0.5, 0.6) is 0 Å². The summed E-state index contributed by atoms with van der Waals surface area (Å²) in [6, 6.07) is 40.5. The molecule has 9 rings (SSSR count). The van der Waals surface area contributed by atoms with Crippen molar-refractivity contribution in [1.82, 2.24) is 14.5 Å². The van der Waals surface area contributed by atoms with Crippen LogP contribution >= 0.6 is 0 Å². The number of fused-ring (bicyclic) bond motifs is 10. The van der Waals surface area contributed by atoms with E-state index in [0.29, 0.717) is 11.9 Å². The van der Waals surface area contributed by atoms with E-state index in [1.807, 2.05) is 12.1 Å². The maximum absolute atomic E-state index is 7.10. The molecule has 0 saturated heterocycles. The number of hydrogen-bond acceptors (Lipinski definition) is 3. The predicted molar refractivity (Wildman–Crippen MR) is 176 cm³/mol. The molecule has 43 heavy (non-hydrogen) atoms. The van der Waals surface area contributed by atoms with Gasteiger partial charge in [-0.1, -0.05) is 111 Å². The van der Waals surface area contributed by atoms with Gasteiger partial charge < -0.3 is 4.42 Å². The Bertz CT molecular complexity index is 2400. The molecule has 1 aliphatic rings. The lowest BCUT2D eigenvalue weighted by Crippen LogP contribution is -2.27. The zero-order valence-electron chi connectivity index (χ0n) is 24.3. The maximum Gasteiger partial charge on any atom is 0.235 e. The molecule has 3 heterocycles. The number of furan rings is 1. The van der Waals surface area contributed by atoms with Crippen LogP contribution in [0, 0.1) is 5.92 Å². The van der Waals surface area contributed by atoms with Crippen LogP contribution in [0.1, 0.15) is 32.1 Å². The molecule has 0 bridgehead atoms. The van der Waals surface area contributed by atoms with E-state index in [1.165, 1.54) is 16.7 Å². The predicted octanol–water partition coefficient (Wildman–Crippen LogP) is 10.1. The highest BCUT2D eigenvalue weighted by Crippen LogP contribution is 2.57. The van der Waals surface area contributed by atoms with Gasteiger partial charge in [-0.15, -0.1) is 0 Å². The Hall–Kier alpha value is -5.22. The van der Waals surface area contributed by atoms with E-state index in [1.54, 1.807) is 0 Å². The third-order valence-corrected chi connectivity index (χ3v) is 9.71. The minimum atomic E-state index is -0.228. The molecule has 4 heteroatoms. The minimum Gasteiger partial charge on any atom is -0.457 e. The molecule has 8 aromatic rings. The summed E-state index contributed by atoms with van der Waals surface area (Å²) >= 11 is 0. The number of rotatable bonds is 3. The van der Waals surface area contributed by atoms with Crippen molar-refractivity contribution >= 4 is 43.7 Å². The van der Waals surface area contributed by atoms with Crippen LogP contribution in [0.3, 0.4) is 0 Å². The molecule has 0 N–H and O–H groups in total. The van der Waals surface area contributed by atoms with Gasteiger partial charge in [0.05, 0.1) is 22.1 Å². The van der Waals surface area contributed by atoms with Crippen LogP contribution in [0.25, 0.3) is 72.0 Å². The third-order valence-electron chi connectivity index (χ3n) is 9.71. The van der Waals surface area contributed by atoms with Gasteiger partial charge in [0.2, 0.25) is 5.95 Å². The summed E-state index contributed by atoms with van der Waals surface area (Å²) in [5, 5.41) is 4.45. The molecule has 0 aliphatic heterocycles. The molecular formula is C39H29N3O. The Morgan fingerprint density at radius 3 is 2.21 bits per heavy atom. The van der Waals surface area contributed by atoms with E-state index in [-0.39, 0.29) is 5.41 Å². The molecule has 0 radical (unpaired) electrons. The van der Waals surface area contributed by atoms with Gasteiger partial charge in [-0.25, -0.2) is 9.97 Å². The van der Waals surface area contributed by atoms with Gasteiger partial charge in [-0.05, 0) is 42.2 Å². The van der Waals surface area contributed by atoms with Gasteiger partial charge in [0, 0.05) is 32.7 Å². The molecule has 0 amide bonds. The van der Waals surface area contributed by atoms with E-state index in [0.717, 1.165) is 60.7 Å². The average molecular weight is 556 g/mol. The van der Waals surface area contributed by atoms with Gasteiger partial charge in [-0.2, -0.15) is 0 Å². The number of nitrogens with zero attached hydrogens (tertiary/aromatic N) is 3. The van der Waals surface area contributed by atoms with E-state index in [4.69, 9.17) is 14.4 Å². The zero-order valence-corrected chi connectivity index (χ0v) is 24.3. The van der Waals surface area contributed by atoms with Gasteiger partial charge in [-0.3, -0.25) is 4.57 Å². The summed E-state index contributed by atoms with van der Waals surface area (Å²) in [6.07, 6.45) is 0. The zero-order chi connectivity index (χ0) is 28.9. The lowest BCUT2D eigenvalue weighted by atomic mass is 9.74. The minimum absolute atomic E-state index is 0.228. The fraction of sp³-hybridized carbons (Fsp3) is 0.128. The average Bonchev–Trinajstić information content (AvgIpc) is 3.68. The fourth-order valence-corrected chi connectivity index (χ4v) is 7.27. The maximum atomic E-state index is 7.10. The lowest BCUT2D eigenvalue weighted by Gasteiger charge is -2.29. The summed E-state index contributed by atoms with van der Waals surface area (Å²) < 4.78 is 9.31. The van der Waals surface area contributed by atoms with Crippen LogP contribution < -0.4 is 0 Å². The van der Waals surface area contributed by atoms with Crippen molar-refractivity contribution < 1.29 is 4.42 Å². The summed E-state index contributed by atoms with van der Waals surface area (Å²) in [5.74, 6) is 2.04.